The lowest BCUT2D eigenvalue weighted by Gasteiger charge is -2.03. The number of nitrogens with zero attached hydrogens (tertiary/aromatic N) is 1. The Labute approximate surface area is 168 Å². The van der Waals surface area contributed by atoms with Gasteiger partial charge in [0.25, 0.3) is 5.91 Å². The number of carboxylic acid groups (broad SMARTS) is 1. The summed E-state index contributed by atoms with van der Waals surface area (Å²) in [6, 6.07) is 18.4. The van der Waals surface area contributed by atoms with Crippen molar-refractivity contribution >= 4 is 39.6 Å². The highest BCUT2D eigenvalue weighted by atomic mass is 79.9. The lowest BCUT2D eigenvalue weighted by atomic mass is 10.1. The Bertz CT molecular complexity index is 1090. The van der Waals surface area contributed by atoms with E-state index in [-0.39, 0.29) is 11.1 Å². The molecule has 2 aromatic carbocycles. The molecule has 0 bridgehead atoms. The zero-order valence-electron chi connectivity index (χ0n) is 14.3. The van der Waals surface area contributed by atoms with E-state index in [1.165, 1.54) is 18.2 Å². The monoisotopic (exact) mass is 436 g/mol. The van der Waals surface area contributed by atoms with Crippen LogP contribution >= 0.6 is 15.9 Å². The Morgan fingerprint density at radius 1 is 1.04 bits per heavy atom. The van der Waals surface area contributed by atoms with Gasteiger partial charge in [-0.1, -0.05) is 28.1 Å². The van der Waals surface area contributed by atoms with Crippen LogP contribution in [0, 0.1) is 11.3 Å². The highest BCUT2D eigenvalue weighted by Crippen LogP contribution is 2.24. The number of hydrogen-bond donors (Lipinski definition) is 2. The van der Waals surface area contributed by atoms with Gasteiger partial charge in [0.2, 0.25) is 0 Å². The molecule has 28 heavy (non-hydrogen) atoms. The van der Waals surface area contributed by atoms with Crippen LogP contribution < -0.4 is 5.32 Å². The van der Waals surface area contributed by atoms with Gasteiger partial charge in [-0.25, -0.2) is 4.79 Å². The van der Waals surface area contributed by atoms with Gasteiger partial charge in [0.05, 0.1) is 5.56 Å². The lowest BCUT2D eigenvalue weighted by Crippen LogP contribution is -2.13. The summed E-state index contributed by atoms with van der Waals surface area (Å²) in [6.07, 6.45) is 1.35. The average Bonchev–Trinajstić information content (AvgIpc) is 3.16. The number of carbonyl (C=O) groups excluding carboxylic acids is 1. The van der Waals surface area contributed by atoms with Crippen LogP contribution in [0.4, 0.5) is 5.69 Å². The molecule has 0 aliphatic heterocycles. The third-order valence-corrected chi connectivity index (χ3v) is 4.33. The molecule has 1 amide bonds. The minimum absolute atomic E-state index is 0.106. The van der Waals surface area contributed by atoms with Gasteiger partial charge in [0.1, 0.15) is 23.2 Å². The van der Waals surface area contributed by atoms with Crippen LogP contribution in [0.3, 0.4) is 0 Å². The van der Waals surface area contributed by atoms with Gasteiger partial charge in [-0.3, -0.25) is 4.79 Å². The van der Waals surface area contributed by atoms with E-state index in [1.54, 1.807) is 48.5 Å². The van der Waals surface area contributed by atoms with Crippen molar-refractivity contribution in [3.8, 4) is 17.4 Å². The van der Waals surface area contributed by atoms with Gasteiger partial charge in [-0.2, -0.15) is 5.26 Å². The summed E-state index contributed by atoms with van der Waals surface area (Å²) in [7, 11) is 0. The molecule has 0 fully saturated rings. The number of amides is 1. The molecule has 0 spiro atoms. The zero-order chi connectivity index (χ0) is 20.1. The predicted molar refractivity (Wildman–Crippen MR) is 107 cm³/mol. The van der Waals surface area contributed by atoms with Crippen molar-refractivity contribution in [3.05, 3.63) is 82.0 Å². The molecule has 3 rings (SSSR count). The van der Waals surface area contributed by atoms with E-state index < -0.39 is 11.9 Å². The second kappa shape index (κ2) is 8.37. The highest BCUT2D eigenvalue weighted by molar-refractivity contribution is 9.10. The molecule has 0 aliphatic rings. The summed E-state index contributed by atoms with van der Waals surface area (Å²) in [6.45, 7) is 0. The van der Waals surface area contributed by atoms with Gasteiger partial charge in [-0.05, 0) is 48.5 Å². The van der Waals surface area contributed by atoms with Crippen molar-refractivity contribution in [3.63, 3.8) is 0 Å². The fourth-order valence-corrected chi connectivity index (χ4v) is 2.65. The number of rotatable bonds is 5. The second-order valence-electron chi connectivity index (χ2n) is 5.72. The van der Waals surface area contributed by atoms with Crippen LogP contribution in [0.15, 0.2) is 75.1 Å². The standard InChI is InChI=1S/C21H13BrN2O4/c22-16-5-7-17(8-6-16)24-20(25)15(12-23)11-18-9-10-19(28-18)13-1-3-14(4-2-13)21(26)27/h1-11H,(H,24,25)(H,26,27)/b15-11-. The number of nitriles is 1. The number of nitrogens with one attached hydrogen (secondary N) is 1. The van der Waals surface area contributed by atoms with Crippen molar-refractivity contribution in [2.75, 3.05) is 5.32 Å². The molecule has 0 unspecified atom stereocenters. The van der Waals surface area contributed by atoms with Crippen molar-refractivity contribution in [1.82, 2.24) is 0 Å². The fourth-order valence-electron chi connectivity index (χ4n) is 2.39. The van der Waals surface area contributed by atoms with Crippen LogP contribution in [0.2, 0.25) is 0 Å². The third-order valence-electron chi connectivity index (χ3n) is 3.80. The Balaban J connectivity index is 1.78. The van der Waals surface area contributed by atoms with Crippen molar-refractivity contribution in [1.29, 1.82) is 5.26 Å². The Kier molecular flexibility index (Phi) is 5.72. The molecule has 0 saturated carbocycles. The number of hydrogen-bond acceptors (Lipinski definition) is 4. The van der Waals surface area contributed by atoms with Crippen molar-refractivity contribution in [2.45, 2.75) is 0 Å². The first-order chi connectivity index (χ1) is 13.5. The summed E-state index contributed by atoms with van der Waals surface area (Å²) >= 11 is 3.31. The molecule has 3 aromatic rings. The average molecular weight is 437 g/mol. The first kappa shape index (κ1) is 19.1. The molecule has 1 aromatic heterocycles. The largest absolute Gasteiger partial charge is 0.478 e. The maximum Gasteiger partial charge on any atom is 0.335 e. The molecule has 6 nitrogen and oxygen atoms in total. The summed E-state index contributed by atoms with van der Waals surface area (Å²) in [5.74, 6) is -0.729. The maximum absolute atomic E-state index is 12.3. The number of aromatic carboxylic acids is 1. The van der Waals surface area contributed by atoms with E-state index in [0.717, 1.165) is 4.47 Å². The highest BCUT2D eigenvalue weighted by Gasteiger charge is 2.12. The molecule has 0 aliphatic carbocycles. The van der Waals surface area contributed by atoms with E-state index in [4.69, 9.17) is 9.52 Å². The molecule has 7 heteroatoms. The van der Waals surface area contributed by atoms with Crippen LogP contribution in [-0.2, 0) is 4.79 Å². The van der Waals surface area contributed by atoms with Crippen LogP contribution in [0.5, 0.6) is 0 Å². The SMILES string of the molecule is N#C/C(=C/c1ccc(-c2ccc(C(=O)O)cc2)o1)C(=O)Nc1ccc(Br)cc1. The van der Waals surface area contributed by atoms with E-state index in [2.05, 4.69) is 21.2 Å². The number of halogens is 1. The summed E-state index contributed by atoms with van der Waals surface area (Å²) in [4.78, 5) is 23.2. The van der Waals surface area contributed by atoms with Gasteiger partial charge in [0.15, 0.2) is 0 Å². The first-order valence-electron chi connectivity index (χ1n) is 8.08. The Morgan fingerprint density at radius 3 is 2.32 bits per heavy atom. The quantitative estimate of drug-likeness (QED) is 0.434. The van der Waals surface area contributed by atoms with E-state index in [1.807, 2.05) is 6.07 Å². The fraction of sp³-hybridized carbons (Fsp3) is 0. The molecular formula is C21H13BrN2O4. The van der Waals surface area contributed by atoms with Gasteiger partial charge < -0.3 is 14.8 Å². The van der Waals surface area contributed by atoms with E-state index >= 15 is 0 Å². The number of furan rings is 1. The Morgan fingerprint density at radius 2 is 1.71 bits per heavy atom. The van der Waals surface area contributed by atoms with Crippen molar-refractivity contribution < 1.29 is 19.1 Å². The molecule has 1 heterocycles. The predicted octanol–water partition coefficient (Wildman–Crippen LogP) is 4.95. The summed E-state index contributed by atoms with van der Waals surface area (Å²) in [5.41, 5.74) is 1.31. The lowest BCUT2D eigenvalue weighted by molar-refractivity contribution is -0.112. The van der Waals surface area contributed by atoms with Crippen LogP contribution in [-0.4, -0.2) is 17.0 Å². The van der Waals surface area contributed by atoms with Gasteiger partial charge in [-0.15, -0.1) is 0 Å². The van der Waals surface area contributed by atoms with E-state index in [0.29, 0.717) is 22.8 Å². The molecule has 0 atom stereocenters. The molecule has 138 valence electrons. The molecule has 0 saturated heterocycles. The normalized spacial score (nSPS) is 10.9. The number of carboxylic acids is 1. The third kappa shape index (κ3) is 4.55. The topological polar surface area (TPSA) is 103 Å². The van der Waals surface area contributed by atoms with Crippen LogP contribution in [0.25, 0.3) is 17.4 Å². The number of carbonyl (C=O) groups is 2. The second-order valence-corrected chi connectivity index (χ2v) is 6.63. The molecular weight excluding hydrogens is 424 g/mol. The molecule has 2 N–H and O–H groups in total. The van der Waals surface area contributed by atoms with Gasteiger partial charge >= 0.3 is 5.97 Å². The number of anilines is 1. The van der Waals surface area contributed by atoms with Gasteiger partial charge in [0, 0.05) is 21.8 Å². The summed E-state index contributed by atoms with van der Waals surface area (Å²) < 4.78 is 6.53. The van der Waals surface area contributed by atoms with E-state index in [9.17, 15) is 14.9 Å². The zero-order valence-corrected chi connectivity index (χ0v) is 15.9. The Hall–Kier alpha value is -3.63. The first-order valence-corrected chi connectivity index (χ1v) is 8.88. The smallest absolute Gasteiger partial charge is 0.335 e. The van der Waals surface area contributed by atoms with Crippen molar-refractivity contribution in [2.24, 2.45) is 0 Å². The number of benzene rings is 2. The minimum Gasteiger partial charge on any atom is -0.478 e. The maximum atomic E-state index is 12.3. The van der Waals surface area contributed by atoms with Crippen LogP contribution in [0.1, 0.15) is 16.1 Å². The molecule has 0 radical (unpaired) electrons. The summed E-state index contributed by atoms with van der Waals surface area (Å²) in [5, 5.41) is 20.9. The minimum atomic E-state index is -1.01.